The predicted molar refractivity (Wildman–Crippen MR) is 89.7 cm³/mol. The van der Waals surface area contributed by atoms with Crippen LogP contribution >= 0.6 is 0 Å². The van der Waals surface area contributed by atoms with E-state index in [0.29, 0.717) is 11.4 Å². The summed E-state index contributed by atoms with van der Waals surface area (Å²) in [6, 6.07) is 6.09. The molecule has 0 unspecified atom stereocenters. The van der Waals surface area contributed by atoms with Gasteiger partial charge in [0.1, 0.15) is 5.75 Å². The highest BCUT2D eigenvalue weighted by Crippen LogP contribution is 2.27. The van der Waals surface area contributed by atoms with Crippen molar-refractivity contribution in [2.45, 2.75) is 39.8 Å². The number of hydrogen-bond acceptors (Lipinski definition) is 4. The number of carbonyl (C=O) groups excluding carboxylic acids is 1. The molecule has 0 fully saturated rings. The van der Waals surface area contributed by atoms with E-state index in [4.69, 9.17) is 9.84 Å². The number of aromatic nitrogens is 2. The van der Waals surface area contributed by atoms with Gasteiger partial charge in [-0.2, -0.15) is 5.10 Å². The van der Waals surface area contributed by atoms with Crippen LogP contribution in [0.3, 0.4) is 0 Å². The van der Waals surface area contributed by atoms with Crippen molar-refractivity contribution < 1.29 is 19.4 Å². The van der Waals surface area contributed by atoms with Gasteiger partial charge in [-0.05, 0) is 52.0 Å². The fraction of sp³-hybridized carbons (Fsp3) is 0.353. The molecule has 7 nitrogen and oxygen atoms in total. The zero-order valence-corrected chi connectivity index (χ0v) is 14.1. The van der Waals surface area contributed by atoms with Gasteiger partial charge in [0.25, 0.3) is 5.91 Å². The summed E-state index contributed by atoms with van der Waals surface area (Å²) < 4.78 is 7.30. The Labute approximate surface area is 140 Å². The number of nitrogens with one attached hydrogen (secondary N) is 1. The van der Waals surface area contributed by atoms with Crippen LogP contribution in [0.4, 0.5) is 5.69 Å². The topological polar surface area (TPSA) is 93.5 Å². The van der Waals surface area contributed by atoms with E-state index < -0.39 is 11.9 Å². The van der Waals surface area contributed by atoms with Crippen LogP contribution in [-0.4, -0.2) is 32.9 Å². The largest absolute Gasteiger partial charge is 0.489 e. The molecule has 0 atom stereocenters. The van der Waals surface area contributed by atoms with Crippen molar-refractivity contribution in [2.75, 3.05) is 5.32 Å². The van der Waals surface area contributed by atoms with Crippen LogP contribution in [0.2, 0.25) is 0 Å². The summed E-state index contributed by atoms with van der Waals surface area (Å²) in [7, 11) is 0. The third kappa shape index (κ3) is 4.13. The molecule has 1 aromatic carbocycles. The third-order valence-electron chi connectivity index (χ3n) is 3.21. The minimum Gasteiger partial charge on any atom is -0.489 e. The number of carboxylic acid groups (broad SMARTS) is 1. The Bertz CT molecular complexity index is 750. The van der Waals surface area contributed by atoms with Gasteiger partial charge in [0, 0.05) is 12.2 Å². The lowest BCUT2D eigenvalue weighted by atomic mass is 10.2. The van der Waals surface area contributed by atoms with Gasteiger partial charge in [0.15, 0.2) is 5.69 Å². The zero-order chi connectivity index (χ0) is 17.9. The molecule has 0 aliphatic carbocycles. The van der Waals surface area contributed by atoms with E-state index >= 15 is 0 Å². The number of hydrogen-bond donors (Lipinski definition) is 2. The Balaban J connectivity index is 2.29. The van der Waals surface area contributed by atoms with Crippen molar-refractivity contribution in [1.29, 1.82) is 0 Å². The Morgan fingerprint density at radius 2 is 1.92 bits per heavy atom. The number of anilines is 1. The van der Waals surface area contributed by atoms with E-state index in [1.807, 2.05) is 27.7 Å². The first kappa shape index (κ1) is 17.5. The van der Waals surface area contributed by atoms with Crippen LogP contribution in [0, 0.1) is 0 Å². The molecule has 2 N–H and O–H groups in total. The lowest BCUT2D eigenvalue weighted by molar-refractivity contribution is 0.0696. The Hall–Kier alpha value is -2.83. The molecular formula is C17H21N3O4. The number of carboxylic acids is 1. The van der Waals surface area contributed by atoms with Crippen LogP contribution in [0.25, 0.3) is 0 Å². The molecule has 1 aromatic heterocycles. The van der Waals surface area contributed by atoms with Crippen molar-refractivity contribution in [1.82, 2.24) is 9.78 Å². The lowest BCUT2D eigenvalue weighted by Gasteiger charge is -2.15. The molecule has 0 saturated carbocycles. The van der Waals surface area contributed by atoms with E-state index in [1.54, 1.807) is 16.9 Å². The standard InChI is InChI=1S/C17H21N3O4/c1-10(2)20-8-7-13(19-20)16(21)18-14-9-12(17(22)23)5-6-15(14)24-11(3)4/h5-11H,1-4H3,(H,18,21)(H,22,23). The first-order chi connectivity index (χ1) is 11.3. The minimum atomic E-state index is -1.08. The van der Waals surface area contributed by atoms with Crippen LogP contribution < -0.4 is 10.1 Å². The molecule has 0 aliphatic rings. The zero-order valence-electron chi connectivity index (χ0n) is 14.1. The minimum absolute atomic E-state index is 0.0640. The Kier molecular flexibility index (Phi) is 5.23. The van der Waals surface area contributed by atoms with Crippen LogP contribution in [-0.2, 0) is 0 Å². The monoisotopic (exact) mass is 331 g/mol. The fourth-order valence-corrected chi connectivity index (χ4v) is 2.05. The van der Waals surface area contributed by atoms with E-state index in [2.05, 4.69) is 10.4 Å². The quantitative estimate of drug-likeness (QED) is 0.848. The summed E-state index contributed by atoms with van der Waals surface area (Å²) in [6.45, 7) is 7.61. The van der Waals surface area contributed by atoms with Gasteiger partial charge in [-0.25, -0.2) is 4.79 Å². The van der Waals surface area contributed by atoms with Gasteiger partial charge < -0.3 is 15.2 Å². The smallest absolute Gasteiger partial charge is 0.335 e. The second-order valence-electron chi connectivity index (χ2n) is 5.91. The number of ether oxygens (including phenoxy) is 1. The lowest BCUT2D eigenvalue weighted by Crippen LogP contribution is -2.16. The van der Waals surface area contributed by atoms with E-state index in [-0.39, 0.29) is 23.4 Å². The Morgan fingerprint density at radius 3 is 2.46 bits per heavy atom. The van der Waals surface area contributed by atoms with Gasteiger partial charge >= 0.3 is 5.97 Å². The molecule has 7 heteroatoms. The van der Waals surface area contributed by atoms with Gasteiger partial charge in [-0.3, -0.25) is 9.48 Å². The van der Waals surface area contributed by atoms with Gasteiger partial charge in [-0.1, -0.05) is 0 Å². The molecule has 24 heavy (non-hydrogen) atoms. The maximum absolute atomic E-state index is 12.4. The van der Waals surface area contributed by atoms with E-state index in [1.165, 1.54) is 18.2 Å². The van der Waals surface area contributed by atoms with Crippen LogP contribution in [0.1, 0.15) is 54.6 Å². The molecule has 0 spiro atoms. The first-order valence-electron chi connectivity index (χ1n) is 7.68. The molecule has 0 saturated heterocycles. The van der Waals surface area contributed by atoms with Crippen molar-refractivity contribution in [3.8, 4) is 5.75 Å². The SMILES string of the molecule is CC(C)Oc1ccc(C(=O)O)cc1NC(=O)c1ccn(C(C)C)n1. The van der Waals surface area contributed by atoms with Crippen LogP contribution in [0.15, 0.2) is 30.5 Å². The molecule has 1 heterocycles. The summed E-state index contributed by atoms with van der Waals surface area (Å²) >= 11 is 0. The summed E-state index contributed by atoms with van der Waals surface area (Å²) in [5, 5.41) is 16.0. The summed E-state index contributed by atoms with van der Waals surface area (Å²) in [5.74, 6) is -1.09. The Morgan fingerprint density at radius 1 is 1.21 bits per heavy atom. The molecule has 2 rings (SSSR count). The average Bonchev–Trinajstić information content (AvgIpc) is 2.98. The van der Waals surface area contributed by atoms with E-state index in [9.17, 15) is 9.59 Å². The van der Waals surface area contributed by atoms with Crippen molar-refractivity contribution >= 4 is 17.6 Å². The molecule has 128 valence electrons. The maximum atomic E-state index is 12.4. The van der Waals surface area contributed by atoms with Crippen molar-refractivity contribution in [2.24, 2.45) is 0 Å². The van der Waals surface area contributed by atoms with Gasteiger partial charge in [0.05, 0.1) is 17.4 Å². The highest BCUT2D eigenvalue weighted by atomic mass is 16.5. The molecule has 0 aliphatic heterocycles. The first-order valence-corrected chi connectivity index (χ1v) is 7.68. The maximum Gasteiger partial charge on any atom is 0.335 e. The summed E-state index contributed by atoms with van der Waals surface area (Å²) in [6.07, 6.45) is 1.61. The molecule has 0 bridgehead atoms. The summed E-state index contributed by atoms with van der Waals surface area (Å²) in [4.78, 5) is 23.5. The second-order valence-corrected chi connectivity index (χ2v) is 5.91. The highest BCUT2D eigenvalue weighted by Gasteiger charge is 2.16. The normalized spacial score (nSPS) is 10.9. The van der Waals surface area contributed by atoms with Gasteiger partial charge in [0.2, 0.25) is 0 Å². The number of aromatic carboxylic acids is 1. The molecular weight excluding hydrogens is 310 g/mol. The summed E-state index contributed by atoms with van der Waals surface area (Å²) in [5.41, 5.74) is 0.613. The number of carbonyl (C=O) groups is 2. The van der Waals surface area contributed by atoms with Crippen molar-refractivity contribution in [3.05, 3.63) is 41.7 Å². The second kappa shape index (κ2) is 7.16. The van der Waals surface area contributed by atoms with Crippen molar-refractivity contribution in [3.63, 3.8) is 0 Å². The predicted octanol–water partition coefficient (Wildman–Crippen LogP) is 3.20. The number of nitrogens with zero attached hydrogens (tertiary/aromatic N) is 2. The van der Waals surface area contributed by atoms with Gasteiger partial charge in [-0.15, -0.1) is 0 Å². The fourth-order valence-electron chi connectivity index (χ4n) is 2.05. The number of benzene rings is 1. The number of amides is 1. The highest BCUT2D eigenvalue weighted by molar-refractivity contribution is 6.04. The van der Waals surface area contributed by atoms with Crippen LogP contribution in [0.5, 0.6) is 5.75 Å². The third-order valence-corrected chi connectivity index (χ3v) is 3.21. The average molecular weight is 331 g/mol. The molecule has 0 radical (unpaired) electrons. The molecule has 1 amide bonds. The van der Waals surface area contributed by atoms with E-state index in [0.717, 1.165) is 0 Å². The molecule has 2 aromatic rings. The number of rotatable bonds is 6.